The molecule has 0 saturated heterocycles. The van der Waals surface area contributed by atoms with Crippen LogP contribution in [0.25, 0.3) is 5.65 Å². The van der Waals surface area contributed by atoms with Gasteiger partial charge < -0.3 is 9.14 Å². The molecule has 14 heteroatoms. The summed E-state index contributed by atoms with van der Waals surface area (Å²) in [4.78, 5) is 3.61. The highest BCUT2D eigenvalue weighted by atomic mass is 79.9. The molecule has 33 heavy (non-hydrogen) atoms. The van der Waals surface area contributed by atoms with Gasteiger partial charge in [-0.15, -0.1) is 13.2 Å². The molecule has 0 amide bonds. The van der Waals surface area contributed by atoms with Gasteiger partial charge in [-0.05, 0) is 36.8 Å². The van der Waals surface area contributed by atoms with Crippen molar-refractivity contribution in [2.75, 3.05) is 6.54 Å². The molecule has 0 bridgehead atoms. The van der Waals surface area contributed by atoms with Gasteiger partial charge in [0.25, 0.3) is 0 Å². The minimum absolute atomic E-state index is 0.0682. The standard InChI is InChI=1S/C19H16BrF6N3O3S/c1-11-17(27-16-8-13(18(21,22)23)6-7-29(11)16)15(20)10-28(33(30)31)9-12-2-4-14(5-3-12)32-19(24,25)26/h2-8,15H,9-10H2,1H3,(H,30,31). The average molecular weight is 560 g/mol. The van der Waals surface area contributed by atoms with E-state index >= 15 is 0 Å². The predicted molar refractivity (Wildman–Crippen MR) is 111 cm³/mol. The van der Waals surface area contributed by atoms with Crippen LogP contribution in [0.1, 0.15) is 27.3 Å². The van der Waals surface area contributed by atoms with Crippen LogP contribution < -0.4 is 4.74 Å². The van der Waals surface area contributed by atoms with Crippen molar-refractivity contribution in [3.05, 3.63) is 65.1 Å². The van der Waals surface area contributed by atoms with E-state index in [1.165, 1.54) is 22.7 Å². The number of alkyl halides is 7. The molecule has 0 aliphatic carbocycles. The number of halogens is 7. The molecule has 1 aromatic carbocycles. The summed E-state index contributed by atoms with van der Waals surface area (Å²) in [6, 6.07) is 6.63. The van der Waals surface area contributed by atoms with Crippen LogP contribution in [0.2, 0.25) is 0 Å². The number of aryl methyl sites for hydroxylation is 1. The first kappa shape index (κ1) is 25.5. The van der Waals surface area contributed by atoms with Crippen LogP contribution in [-0.2, 0) is 24.0 Å². The van der Waals surface area contributed by atoms with Gasteiger partial charge in [-0.25, -0.2) is 9.19 Å². The average Bonchev–Trinajstić information content (AvgIpc) is 3.03. The lowest BCUT2D eigenvalue weighted by molar-refractivity contribution is -0.274. The van der Waals surface area contributed by atoms with Crippen LogP contribution in [-0.4, -0.2) is 35.4 Å². The number of rotatable bonds is 7. The smallest absolute Gasteiger partial charge is 0.406 e. The Morgan fingerprint density at radius 1 is 1.18 bits per heavy atom. The summed E-state index contributed by atoms with van der Waals surface area (Å²) in [7, 11) is 0. The summed E-state index contributed by atoms with van der Waals surface area (Å²) in [5, 5.41) is 0. The number of nitrogens with zero attached hydrogens (tertiary/aromatic N) is 3. The number of imidazole rings is 1. The Labute approximate surface area is 194 Å². The highest BCUT2D eigenvalue weighted by molar-refractivity contribution is 9.09. The summed E-state index contributed by atoms with van der Waals surface area (Å²) >= 11 is 0.919. The second-order valence-electron chi connectivity index (χ2n) is 6.94. The zero-order chi connectivity index (χ0) is 24.6. The van der Waals surface area contributed by atoms with Crippen LogP contribution in [0.4, 0.5) is 26.3 Å². The Bertz CT molecular complexity index is 1150. The Hall–Kier alpha value is -2.16. The predicted octanol–water partition coefficient (Wildman–Crippen LogP) is 5.64. The minimum atomic E-state index is -4.84. The van der Waals surface area contributed by atoms with Crippen LogP contribution in [0.3, 0.4) is 0 Å². The Kier molecular flexibility index (Phi) is 7.41. The highest BCUT2D eigenvalue weighted by Crippen LogP contribution is 2.32. The minimum Gasteiger partial charge on any atom is -0.406 e. The molecule has 0 aliphatic rings. The largest absolute Gasteiger partial charge is 0.573 e. The van der Waals surface area contributed by atoms with Gasteiger partial charge in [-0.3, -0.25) is 4.55 Å². The fourth-order valence-electron chi connectivity index (χ4n) is 3.11. The topological polar surface area (TPSA) is 67.1 Å². The van der Waals surface area contributed by atoms with Crippen LogP contribution in [0.5, 0.6) is 5.75 Å². The first-order chi connectivity index (χ1) is 15.2. The number of hydrogen-bond donors (Lipinski definition) is 1. The number of pyridine rings is 1. The molecule has 0 aliphatic heterocycles. The maximum Gasteiger partial charge on any atom is 0.573 e. The zero-order valence-corrected chi connectivity index (χ0v) is 19.1. The van der Waals surface area contributed by atoms with Crippen molar-refractivity contribution in [3.63, 3.8) is 0 Å². The summed E-state index contributed by atoms with van der Waals surface area (Å²) in [5.41, 5.74) is 0.567. The van der Waals surface area contributed by atoms with Gasteiger partial charge in [0, 0.05) is 25.0 Å². The molecule has 2 unspecified atom stereocenters. The zero-order valence-electron chi connectivity index (χ0n) is 16.7. The summed E-state index contributed by atoms with van der Waals surface area (Å²) in [5.74, 6) is -0.431. The number of hydrogen-bond acceptors (Lipinski definition) is 3. The molecule has 0 saturated carbocycles. The van der Waals surface area contributed by atoms with E-state index in [1.54, 1.807) is 6.92 Å². The molecule has 180 valence electrons. The molecule has 3 aromatic rings. The third-order valence-electron chi connectivity index (χ3n) is 4.63. The van der Waals surface area contributed by atoms with Crippen molar-refractivity contribution in [3.8, 4) is 5.75 Å². The number of fused-ring (bicyclic) bond motifs is 1. The highest BCUT2D eigenvalue weighted by Gasteiger charge is 2.32. The molecule has 2 aromatic heterocycles. The summed E-state index contributed by atoms with van der Waals surface area (Å²) < 4.78 is 104. The molecule has 2 atom stereocenters. The van der Waals surface area contributed by atoms with Crippen LogP contribution in [0, 0.1) is 6.92 Å². The molecule has 0 spiro atoms. The molecule has 2 heterocycles. The first-order valence-electron chi connectivity index (χ1n) is 9.15. The maximum atomic E-state index is 13.0. The van der Waals surface area contributed by atoms with Gasteiger partial charge in [0.05, 0.1) is 16.1 Å². The quantitative estimate of drug-likeness (QED) is 0.231. The Balaban J connectivity index is 1.77. The van der Waals surface area contributed by atoms with Crippen LogP contribution in [0.15, 0.2) is 42.6 Å². The van der Waals surface area contributed by atoms with E-state index in [1.807, 2.05) is 0 Å². The fourth-order valence-corrected chi connectivity index (χ4v) is 4.62. The van der Waals surface area contributed by atoms with Gasteiger partial charge in [0.15, 0.2) is 0 Å². The van der Waals surface area contributed by atoms with Crippen molar-refractivity contribution < 1.29 is 39.8 Å². The molecule has 1 N–H and O–H groups in total. The van der Waals surface area contributed by atoms with Gasteiger partial charge in [-0.1, -0.05) is 28.1 Å². The lowest BCUT2D eigenvalue weighted by Gasteiger charge is -2.20. The number of benzene rings is 1. The van der Waals surface area contributed by atoms with E-state index in [4.69, 9.17) is 0 Å². The third kappa shape index (κ3) is 6.46. The number of ether oxygens (including phenoxy) is 1. The van der Waals surface area contributed by atoms with Crippen molar-refractivity contribution in [2.24, 2.45) is 0 Å². The van der Waals surface area contributed by atoms with Crippen molar-refractivity contribution >= 4 is 32.8 Å². The molecular formula is C19H16BrF6N3O3S. The monoisotopic (exact) mass is 559 g/mol. The molecule has 3 rings (SSSR count). The van der Waals surface area contributed by atoms with Gasteiger partial charge in [0.2, 0.25) is 11.3 Å². The lowest BCUT2D eigenvalue weighted by atomic mass is 10.2. The first-order valence-corrected chi connectivity index (χ1v) is 11.1. The molecule has 0 fully saturated rings. The van der Waals surface area contributed by atoms with E-state index in [9.17, 15) is 35.1 Å². The summed E-state index contributed by atoms with van der Waals surface area (Å²) in [6.07, 6.45) is -8.12. The SMILES string of the molecule is Cc1c(C(Br)CN(Cc2ccc(OC(F)(F)F)cc2)S(=O)O)nc2cc(C(F)(F)F)ccn12. The van der Waals surface area contributed by atoms with E-state index in [-0.39, 0.29) is 18.7 Å². The normalized spacial score (nSPS) is 14.6. The van der Waals surface area contributed by atoms with E-state index < -0.39 is 39.9 Å². The molecule has 6 nitrogen and oxygen atoms in total. The van der Waals surface area contributed by atoms with E-state index in [0.29, 0.717) is 17.0 Å². The third-order valence-corrected chi connectivity index (χ3v) is 6.07. The van der Waals surface area contributed by atoms with Gasteiger partial charge in [0.1, 0.15) is 11.4 Å². The molecular weight excluding hydrogens is 544 g/mol. The maximum absolute atomic E-state index is 13.0. The van der Waals surface area contributed by atoms with Crippen molar-refractivity contribution in [2.45, 2.75) is 30.8 Å². The van der Waals surface area contributed by atoms with Gasteiger partial charge >= 0.3 is 12.5 Å². The second-order valence-corrected chi connectivity index (χ2v) is 9.02. The van der Waals surface area contributed by atoms with Crippen LogP contribution >= 0.6 is 15.9 Å². The molecule has 0 radical (unpaired) electrons. The van der Waals surface area contributed by atoms with E-state index in [0.717, 1.165) is 28.6 Å². The number of aromatic nitrogens is 2. The van der Waals surface area contributed by atoms with E-state index in [2.05, 4.69) is 25.7 Å². The lowest BCUT2D eigenvalue weighted by Crippen LogP contribution is -2.28. The fraction of sp³-hybridized carbons (Fsp3) is 0.316. The van der Waals surface area contributed by atoms with Gasteiger partial charge in [-0.2, -0.15) is 17.5 Å². The summed E-state index contributed by atoms with van der Waals surface area (Å²) in [6.45, 7) is 1.49. The van der Waals surface area contributed by atoms with Crippen molar-refractivity contribution in [1.29, 1.82) is 0 Å². The second kappa shape index (κ2) is 9.60. The van der Waals surface area contributed by atoms with Crippen molar-refractivity contribution in [1.82, 2.24) is 13.7 Å². The Morgan fingerprint density at radius 2 is 1.82 bits per heavy atom. The Morgan fingerprint density at radius 3 is 2.36 bits per heavy atom.